The first-order chi connectivity index (χ1) is 13.2. The molecule has 8 nitrogen and oxygen atoms in total. The van der Waals surface area contributed by atoms with Gasteiger partial charge < -0.3 is 24.4 Å². The summed E-state index contributed by atoms with van der Waals surface area (Å²) in [5.41, 5.74) is 0.955. The highest BCUT2D eigenvalue weighted by Gasteiger charge is 2.27. The summed E-state index contributed by atoms with van der Waals surface area (Å²) in [6, 6.07) is 3.86. The summed E-state index contributed by atoms with van der Waals surface area (Å²) in [5, 5.41) is 3.36. The first-order valence-corrected chi connectivity index (χ1v) is 9.37. The third kappa shape index (κ3) is 7.42. The summed E-state index contributed by atoms with van der Waals surface area (Å²) >= 11 is 0. The largest absolute Gasteiger partial charge is 0.475 e. The van der Waals surface area contributed by atoms with E-state index in [2.05, 4.69) is 20.2 Å². The van der Waals surface area contributed by atoms with Gasteiger partial charge in [0.05, 0.1) is 19.1 Å². The molecule has 0 bridgehead atoms. The molecule has 1 aliphatic rings. The van der Waals surface area contributed by atoms with Gasteiger partial charge >= 0.3 is 5.97 Å². The number of pyridine rings is 1. The molecule has 28 heavy (non-hydrogen) atoms. The predicted octanol–water partition coefficient (Wildman–Crippen LogP) is 2.08. The van der Waals surface area contributed by atoms with Gasteiger partial charge in [-0.05, 0) is 25.8 Å². The van der Waals surface area contributed by atoms with Crippen molar-refractivity contribution in [1.29, 1.82) is 0 Å². The third-order valence-corrected chi connectivity index (χ3v) is 4.44. The van der Waals surface area contributed by atoms with E-state index in [0.29, 0.717) is 32.2 Å². The molecule has 0 saturated carbocycles. The van der Waals surface area contributed by atoms with Crippen LogP contribution in [0.5, 0.6) is 5.88 Å². The van der Waals surface area contributed by atoms with Gasteiger partial charge in [0.1, 0.15) is 6.61 Å². The number of aromatic nitrogens is 1. The number of nitrogens with one attached hydrogen (secondary N) is 1. The van der Waals surface area contributed by atoms with E-state index in [4.69, 9.17) is 14.2 Å². The number of nitrogens with zero attached hydrogens (tertiary/aromatic N) is 3. The summed E-state index contributed by atoms with van der Waals surface area (Å²) in [4.78, 5) is 22.7. The molecule has 0 unspecified atom stereocenters. The Labute approximate surface area is 184 Å². The Kier molecular flexibility index (Phi) is 11.8. The molecule has 0 aromatic carbocycles. The fourth-order valence-corrected chi connectivity index (χ4v) is 3.00. The van der Waals surface area contributed by atoms with Crippen molar-refractivity contribution in [3.05, 3.63) is 23.9 Å². The van der Waals surface area contributed by atoms with Gasteiger partial charge in [-0.25, -0.2) is 4.98 Å². The average molecular weight is 506 g/mol. The number of esters is 1. The number of guanidine groups is 1. The molecule has 2 rings (SSSR count). The Morgan fingerprint density at radius 3 is 2.75 bits per heavy atom. The Bertz CT molecular complexity index is 622. The third-order valence-electron chi connectivity index (χ3n) is 4.44. The quantitative estimate of drug-likeness (QED) is 0.190. The Hall–Kier alpha value is -1.62. The molecule has 0 radical (unpaired) electrons. The highest BCUT2D eigenvalue weighted by atomic mass is 127. The fourth-order valence-electron chi connectivity index (χ4n) is 3.00. The highest BCUT2D eigenvalue weighted by Crippen LogP contribution is 2.19. The van der Waals surface area contributed by atoms with Crippen molar-refractivity contribution in [2.45, 2.75) is 26.3 Å². The van der Waals surface area contributed by atoms with Gasteiger partial charge in [-0.3, -0.25) is 9.79 Å². The summed E-state index contributed by atoms with van der Waals surface area (Å²) in [6.07, 6.45) is 3.26. The molecule has 1 saturated heterocycles. The molecule has 1 aliphatic heterocycles. The predicted molar refractivity (Wildman–Crippen MR) is 118 cm³/mol. The van der Waals surface area contributed by atoms with Crippen molar-refractivity contribution in [2.24, 2.45) is 10.9 Å². The lowest BCUT2D eigenvalue weighted by Gasteiger charge is -2.33. The number of methoxy groups -OCH3 is 1. The second kappa shape index (κ2) is 13.5. The van der Waals surface area contributed by atoms with Crippen LogP contribution in [-0.4, -0.2) is 68.9 Å². The number of rotatable bonds is 8. The van der Waals surface area contributed by atoms with E-state index in [1.54, 1.807) is 20.4 Å². The standard InChI is InChI=1S/C19H30N4O4.HI/c1-4-26-18(24)15-7-10-23(11-8-15)19(20-2)22-14-16-6-5-9-21-17(16)27-13-12-25-3;/h5-6,9,15H,4,7-8,10-14H2,1-3H3,(H,20,22);1H. The van der Waals surface area contributed by atoms with E-state index in [0.717, 1.165) is 37.5 Å². The molecule has 1 aromatic heterocycles. The van der Waals surface area contributed by atoms with Crippen molar-refractivity contribution in [3.63, 3.8) is 0 Å². The normalized spacial score (nSPS) is 15.0. The average Bonchev–Trinajstić information content (AvgIpc) is 2.70. The number of piperidine rings is 1. The topological polar surface area (TPSA) is 85.3 Å². The molecule has 2 heterocycles. The lowest BCUT2D eigenvalue weighted by atomic mass is 9.97. The van der Waals surface area contributed by atoms with Crippen LogP contribution in [0, 0.1) is 5.92 Å². The lowest BCUT2D eigenvalue weighted by molar-refractivity contribution is -0.149. The van der Waals surface area contributed by atoms with Crippen molar-refractivity contribution < 1.29 is 19.0 Å². The van der Waals surface area contributed by atoms with Crippen LogP contribution in [0.3, 0.4) is 0 Å². The maximum absolute atomic E-state index is 11.9. The Morgan fingerprint density at radius 2 is 2.11 bits per heavy atom. The minimum Gasteiger partial charge on any atom is -0.475 e. The minimum atomic E-state index is -0.0895. The number of likely N-dealkylation sites (tertiary alicyclic amines) is 1. The number of aliphatic imine (C=N–C) groups is 1. The van der Waals surface area contributed by atoms with Gasteiger partial charge in [-0.1, -0.05) is 6.07 Å². The number of hydrogen-bond acceptors (Lipinski definition) is 6. The summed E-state index contributed by atoms with van der Waals surface area (Å²) in [7, 11) is 3.40. The van der Waals surface area contributed by atoms with E-state index in [1.807, 2.05) is 19.1 Å². The van der Waals surface area contributed by atoms with Crippen molar-refractivity contribution in [3.8, 4) is 5.88 Å². The smallest absolute Gasteiger partial charge is 0.309 e. The van der Waals surface area contributed by atoms with Crippen molar-refractivity contribution in [1.82, 2.24) is 15.2 Å². The lowest BCUT2D eigenvalue weighted by Crippen LogP contribution is -2.46. The first kappa shape index (κ1) is 24.4. The molecule has 1 N–H and O–H groups in total. The van der Waals surface area contributed by atoms with Gasteiger partial charge in [-0.2, -0.15) is 0 Å². The van der Waals surface area contributed by atoms with Gasteiger partial charge in [0, 0.05) is 45.6 Å². The minimum absolute atomic E-state index is 0. The molecule has 0 spiro atoms. The van der Waals surface area contributed by atoms with E-state index in [-0.39, 0.29) is 35.9 Å². The van der Waals surface area contributed by atoms with E-state index in [1.165, 1.54) is 0 Å². The number of halogens is 1. The molecule has 0 amide bonds. The number of ether oxygens (including phenoxy) is 3. The van der Waals surface area contributed by atoms with Crippen LogP contribution in [0.1, 0.15) is 25.3 Å². The molecule has 1 aromatic rings. The number of carbonyl (C=O) groups is 1. The summed E-state index contributed by atoms with van der Waals surface area (Å²) in [5.74, 6) is 1.30. The zero-order valence-corrected chi connectivity index (χ0v) is 19.2. The zero-order chi connectivity index (χ0) is 19.5. The molecule has 9 heteroatoms. The van der Waals surface area contributed by atoms with Crippen LogP contribution in [0.25, 0.3) is 0 Å². The van der Waals surface area contributed by atoms with Crippen LogP contribution in [0.4, 0.5) is 0 Å². The van der Waals surface area contributed by atoms with Gasteiger partial charge in [-0.15, -0.1) is 24.0 Å². The highest BCUT2D eigenvalue weighted by molar-refractivity contribution is 14.0. The molecular formula is C19H31IN4O4. The van der Waals surface area contributed by atoms with Gasteiger partial charge in [0.2, 0.25) is 5.88 Å². The fraction of sp³-hybridized carbons (Fsp3) is 0.632. The van der Waals surface area contributed by atoms with E-state index < -0.39 is 0 Å². The van der Waals surface area contributed by atoms with Crippen molar-refractivity contribution >= 4 is 35.9 Å². The molecule has 158 valence electrons. The summed E-state index contributed by atoms with van der Waals surface area (Å²) < 4.78 is 15.8. The van der Waals surface area contributed by atoms with Gasteiger partial charge in [0.25, 0.3) is 0 Å². The molecule has 0 aliphatic carbocycles. The van der Waals surface area contributed by atoms with Crippen LogP contribution in [0.15, 0.2) is 23.3 Å². The second-order valence-corrected chi connectivity index (χ2v) is 6.22. The Morgan fingerprint density at radius 1 is 1.36 bits per heavy atom. The second-order valence-electron chi connectivity index (χ2n) is 6.22. The molecular weight excluding hydrogens is 475 g/mol. The number of carbonyl (C=O) groups excluding carboxylic acids is 1. The molecule has 0 atom stereocenters. The monoisotopic (exact) mass is 506 g/mol. The maximum Gasteiger partial charge on any atom is 0.309 e. The maximum atomic E-state index is 11.9. The van der Waals surface area contributed by atoms with Crippen LogP contribution in [-0.2, 0) is 20.8 Å². The van der Waals surface area contributed by atoms with Crippen LogP contribution >= 0.6 is 24.0 Å². The van der Waals surface area contributed by atoms with Crippen LogP contribution < -0.4 is 10.1 Å². The molecule has 1 fully saturated rings. The van der Waals surface area contributed by atoms with E-state index in [9.17, 15) is 4.79 Å². The van der Waals surface area contributed by atoms with Crippen molar-refractivity contribution in [2.75, 3.05) is 47.1 Å². The Balaban J connectivity index is 0.00000392. The number of hydrogen-bond donors (Lipinski definition) is 1. The van der Waals surface area contributed by atoms with Crippen LogP contribution in [0.2, 0.25) is 0 Å². The first-order valence-electron chi connectivity index (χ1n) is 9.37. The SMILES string of the molecule is CCOC(=O)C1CCN(C(=NC)NCc2cccnc2OCCOC)CC1.I. The summed E-state index contributed by atoms with van der Waals surface area (Å²) in [6.45, 7) is 5.34. The van der Waals surface area contributed by atoms with E-state index >= 15 is 0 Å². The zero-order valence-electron chi connectivity index (χ0n) is 16.8. The van der Waals surface area contributed by atoms with Gasteiger partial charge in [0.15, 0.2) is 5.96 Å².